The average molecular weight is 249 g/mol. The van der Waals surface area contributed by atoms with Gasteiger partial charge in [0, 0.05) is 6.54 Å². The number of carbonyl (C=O) groups excluding carboxylic acids is 1. The Hall–Kier alpha value is -1.55. The van der Waals surface area contributed by atoms with E-state index in [0.717, 1.165) is 12.0 Å². The van der Waals surface area contributed by atoms with Crippen molar-refractivity contribution in [1.29, 1.82) is 0 Å². The molecule has 18 heavy (non-hydrogen) atoms. The Balaban J connectivity index is 2.79. The minimum atomic E-state index is -0.0931. The molecule has 0 atom stereocenters. The zero-order chi connectivity index (χ0) is 13.8. The van der Waals surface area contributed by atoms with E-state index >= 15 is 0 Å². The Morgan fingerprint density at radius 1 is 1.39 bits per heavy atom. The van der Waals surface area contributed by atoms with Gasteiger partial charge in [-0.1, -0.05) is 26.8 Å². The van der Waals surface area contributed by atoms with Crippen molar-refractivity contribution in [2.24, 2.45) is 11.3 Å². The topological polar surface area (TPSA) is 67.2 Å². The summed E-state index contributed by atoms with van der Waals surface area (Å²) in [7, 11) is 0. The Morgan fingerprint density at radius 2 is 2.06 bits per heavy atom. The Bertz CT molecular complexity index is 427. The van der Waals surface area contributed by atoms with Gasteiger partial charge in [-0.15, -0.1) is 0 Å². The number of carbonyl (C=O) groups is 1. The van der Waals surface area contributed by atoms with E-state index in [9.17, 15) is 4.79 Å². The summed E-state index contributed by atoms with van der Waals surface area (Å²) in [4.78, 5) is 12.1. The quantitative estimate of drug-likeness (QED) is 0.554. The van der Waals surface area contributed by atoms with Crippen LogP contribution in [0.1, 0.15) is 43.1 Å². The number of aryl methyl sites for hydroxylation is 1. The molecule has 0 unspecified atom stereocenters. The van der Waals surface area contributed by atoms with Gasteiger partial charge in [-0.25, -0.2) is 0 Å². The molecule has 0 saturated heterocycles. The van der Waals surface area contributed by atoms with Gasteiger partial charge in [0.05, 0.1) is 11.3 Å². The fourth-order valence-corrected chi connectivity index (χ4v) is 1.52. The van der Waals surface area contributed by atoms with Crippen LogP contribution in [0.5, 0.6) is 0 Å². The van der Waals surface area contributed by atoms with Crippen LogP contribution in [0.25, 0.3) is 0 Å². The largest absolute Gasteiger partial charge is 0.351 e. The lowest BCUT2D eigenvalue weighted by molar-refractivity contribution is 0.0936. The highest BCUT2D eigenvalue weighted by Gasteiger charge is 2.18. The fraction of sp³-hybridized carbons (Fsp3) is 0.500. The lowest BCUT2D eigenvalue weighted by Gasteiger charge is -2.23. The molecule has 0 bridgehead atoms. The summed E-state index contributed by atoms with van der Waals surface area (Å²) >= 11 is 0. The maximum Gasteiger partial charge on any atom is 0.253 e. The number of nitrogen functional groups attached to an aromatic ring is 1. The first-order chi connectivity index (χ1) is 8.39. The molecule has 4 N–H and O–H groups in total. The summed E-state index contributed by atoms with van der Waals surface area (Å²) in [5.74, 6) is 5.34. The predicted octanol–water partition coefficient (Wildman–Crippen LogP) is 2.45. The van der Waals surface area contributed by atoms with Crippen molar-refractivity contribution in [2.45, 2.75) is 34.1 Å². The van der Waals surface area contributed by atoms with Crippen LogP contribution in [0.2, 0.25) is 0 Å². The molecule has 4 nitrogen and oxygen atoms in total. The predicted molar refractivity (Wildman–Crippen MR) is 75.4 cm³/mol. The van der Waals surface area contributed by atoms with Crippen LogP contribution >= 0.6 is 0 Å². The zero-order valence-corrected chi connectivity index (χ0v) is 11.6. The molecule has 0 saturated carbocycles. The molecule has 0 aromatic heterocycles. The van der Waals surface area contributed by atoms with Gasteiger partial charge < -0.3 is 10.7 Å². The second-order valence-corrected chi connectivity index (χ2v) is 5.39. The van der Waals surface area contributed by atoms with E-state index in [1.807, 2.05) is 19.1 Å². The highest BCUT2D eigenvalue weighted by atomic mass is 16.1. The van der Waals surface area contributed by atoms with E-state index in [4.69, 9.17) is 5.84 Å². The average Bonchev–Trinajstić information content (AvgIpc) is 2.36. The van der Waals surface area contributed by atoms with E-state index in [1.165, 1.54) is 0 Å². The molecule has 1 rings (SSSR count). The van der Waals surface area contributed by atoms with Gasteiger partial charge in [0.2, 0.25) is 0 Å². The molecule has 0 aliphatic heterocycles. The third kappa shape index (κ3) is 3.74. The van der Waals surface area contributed by atoms with Crippen molar-refractivity contribution in [2.75, 3.05) is 12.0 Å². The van der Waals surface area contributed by atoms with E-state index < -0.39 is 0 Å². The summed E-state index contributed by atoms with van der Waals surface area (Å²) in [6.07, 6.45) is 1.02. The highest BCUT2D eigenvalue weighted by Crippen LogP contribution is 2.19. The molecule has 100 valence electrons. The number of nitrogens with two attached hydrogens (primary N) is 1. The minimum absolute atomic E-state index is 0.0931. The number of hydrazine groups is 1. The number of rotatable bonds is 5. The van der Waals surface area contributed by atoms with Gasteiger partial charge in [0.15, 0.2) is 0 Å². The molecule has 0 aliphatic carbocycles. The van der Waals surface area contributed by atoms with Gasteiger partial charge in [-0.2, -0.15) is 0 Å². The van der Waals surface area contributed by atoms with Crippen molar-refractivity contribution >= 4 is 11.6 Å². The van der Waals surface area contributed by atoms with Crippen molar-refractivity contribution in [3.63, 3.8) is 0 Å². The number of benzene rings is 1. The summed E-state index contributed by atoms with van der Waals surface area (Å²) in [5.41, 5.74) is 4.97. The van der Waals surface area contributed by atoms with E-state index in [0.29, 0.717) is 17.8 Å². The van der Waals surface area contributed by atoms with E-state index in [1.54, 1.807) is 6.07 Å². The van der Waals surface area contributed by atoms with Crippen LogP contribution in [0.15, 0.2) is 18.2 Å². The van der Waals surface area contributed by atoms with Gasteiger partial charge in [0.1, 0.15) is 0 Å². The molecule has 0 heterocycles. The normalized spacial score (nSPS) is 11.2. The molecule has 1 aromatic carbocycles. The minimum Gasteiger partial charge on any atom is -0.351 e. The molecule has 0 spiro atoms. The molecular formula is C14H23N3O. The molecule has 0 aliphatic rings. The second-order valence-electron chi connectivity index (χ2n) is 5.39. The maximum absolute atomic E-state index is 12.1. The molecule has 0 radical (unpaired) electrons. The molecular weight excluding hydrogens is 226 g/mol. The van der Waals surface area contributed by atoms with E-state index in [-0.39, 0.29) is 11.3 Å². The number of amides is 1. The Morgan fingerprint density at radius 3 is 2.61 bits per heavy atom. The first kappa shape index (κ1) is 14.5. The van der Waals surface area contributed by atoms with Crippen LogP contribution in [0.3, 0.4) is 0 Å². The van der Waals surface area contributed by atoms with Gasteiger partial charge in [0.25, 0.3) is 5.91 Å². The first-order valence-corrected chi connectivity index (χ1v) is 6.25. The Kier molecular flexibility index (Phi) is 4.73. The highest BCUT2D eigenvalue weighted by molar-refractivity contribution is 5.99. The monoisotopic (exact) mass is 249 g/mol. The summed E-state index contributed by atoms with van der Waals surface area (Å²) < 4.78 is 0. The molecule has 1 aromatic rings. The number of hydrogen-bond acceptors (Lipinski definition) is 3. The van der Waals surface area contributed by atoms with Crippen LogP contribution in [-0.2, 0) is 0 Å². The lowest BCUT2D eigenvalue weighted by atomic mass is 9.90. The Labute approximate surface area is 109 Å². The third-order valence-electron chi connectivity index (χ3n) is 3.26. The second kappa shape index (κ2) is 5.87. The first-order valence-electron chi connectivity index (χ1n) is 6.25. The number of anilines is 1. The molecule has 4 heteroatoms. The van der Waals surface area contributed by atoms with Crippen molar-refractivity contribution in [3.05, 3.63) is 29.3 Å². The van der Waals surface area contributed by atoms with Crippen molar-refractivity contribution < 1.29 is 4.79 Å². The fourth-order valence-electron chi connectivity index (χ4n) is 1.52. The zero-order valence-electron chi connectivity index (χ0n) is 11.6. The molecule has 0 fully saturated rings. The smallest absolute Gasteiger partial charge is 0.253 e. The lowest BCUT2D eigenvalue weighted by Crippen LogP contribution is -2.34. The summed E-state index contributed by atoms with van der Waals surface area (Å²) in [6.45, 7) is 8.99. The van der Waals surface area contributed by atoms with Crippen LogP contribution in [-0.4, -0.2) is 12.5 Å². The number of nitrogens with one attached hydrogen (secondary N) is 2. The molecule has 1 amide bonds. The number of hydrogen-bond donors (Lipinski definition) is 3. The maximum atomic E-state index is 12.1. The summed E-state index contributed by atoms with van der Waals surface area (Å²) in [5, 5.41) is 2.95. The van der Waals surface area contributed by atoms with Crippen LogP contribution in [0, 0.1) is 12.3 Å². The third-order valence-corrected chi connectivity index (χ3v) is 3.26. The SMILES string of the molecule is CCC(C)(C)CNC(=O)c1ccc(C)cc1NN. The summed E-state index contributed by atoms with van der Waals surface area (Å²) in [6, 6.07) is 5.55. The van der Waals surface area contributed by atoms with Crippen molar-refractivity contribution in [3.8, 4) is 0 Å². The van der Waals surface area contributed by atoms with Crippen LogP contribution in [0.4, 0.5) is 5.69 Å². The van der Waals surface area contributed by atoms with E-state index in [2.05, 4.69) is 31.5 Å². The van der Waals surface area contributed by atoms with Gasteiger partial charge >= 0.3 is 0 Å². The van der Waals surface area contributed by atoms with Crippen molar-refractivity contribution in [1.82, 2.24) is 5.32 Å². The van der Waals surface area contributed by atoms with Crippen LogP contribution < -0.4 is 16.6 Å². The van der Waals surface area contributed by atoms with Gasteiger partial charge in [-0.3, -0.25) is 10.6 Å². The van der Waals surface area contributed by atoms with Gasteiger partial charge in [-0.05, 0) is 36.5 Å². The standard InChI is InChI=1S/C14H23N3O/c1-5-14(3,4)9-16-13(18)11-7-6-10(2)8-12(11)17-15/h6-8,17H,5,9,15H2,1-4H3,(H,16,18).